The number of nitrogens with two attached hydrogens (primary N) is 1. The Kier molecular flexibility index (Phi) is 3.14. The van der Waals surface area contributed by atoms with Crippen LogP contribution in [0, 0.1) is 0 Å². The van der Waals surface area contributed by atoms with Crippen molar-refractivity contribution in [2.45, 2.75) is 11.4 Å². The van der Waals surface area contributed by atoms with Crippen LogP contribution in [0.2, 0.25) is 0 Å². The lowest BCUT2D eigenvalue weighted by Crippen LogP contribution is -2.13. The molecule has 0 radical (unpaired) electrons. The molecular formula is C11H13N3O2S. The van der Waals surface area contributed by atoms with Gasteiger partial charge in [-0.15, -0.1) is 0 Å². The number of anilines is 1. The van der Waals surface area contributed by atoms with Gasteiger partial charge in [0.1, 0.15) is 0 Å². The molecule has 6 heteroatoms. The lowest BCUT2D eigenvalue weighted by molar-refractivity contribution is 0.580. The van der Waals surface area contributed by atoms with E-state index in [1.807, 2.05) is 0 Å². The van der Waals surface area contributed by atoms with E-state index < -0.39 is 9.84 Å². The van der Waals surface area contributed by atoms with Crippen LogP contribution in [0.15, 0.2) is 47.6 Å². The van der Waals surface area contributed by atoms with Gasteiger partial charge in [-0.2, -0.15) is 5.10 Å². The second kappa shape index (κ2) is 4.58. The molecule has 0 fully saturated rings. The van der Waals surface area contributed by atoms with Crippen molar-refractivity contribution < 1.29 is 8.42 Å². The fourth-order valence-electron chi connectivity index (χ4n) is 1.47. The normalized spacial score (nSPS) is 11.5. The summed E-state index contributed by atoms with van der Waals surface area (Å²) in [5.41, 5.74) is 6.01. The number of benzene rings is 1. The van der Waals surface area contributed by atoms with Crippen molar-refractivity contribution in [2.24, 2.45) is 0 Å². The number of hydrogen-bond donors (Lipinski definition) is 1. The maximum atomic E-state index is 12.0. The smallest absolute Gasteiger partial charge is 0.180 e. The first kappa shape index (κ1) is 11.7. The molecule has 0 unspecified atom stereocenters. The molecule has 1 aromatic carbocycles. The average molecular weight is 251 g/mol. The Hall–Kier alpha value is -1.82. The van der Waals surface area contributed by atoms with Crippen molar-refractivity contribution >= 4 is 15.5 Å². The highest BCUT2D eigenvalue weighted by Crippen LogP contribution is 2.14. The van der Waals surface area contributed by atoms with Crippen LogP contribution in [0.1, 0.15) is 0 Å². The molecule has 0 saturated heterocycles. The molecule has 2 aromatic rings. The third-order valence-electron chi connectivity index (χ3n) is 2.37. The maximum Gasteiger partial charge on any atom is 0.180 e. The van der Waals surface area contributed by atoms with Crippen molar-refractivity contribution in [2.75, 3.05) is 11.5 Å². The Morgan fingerprint density at radius 1 is 1.29 bits per heavy atom. The van der Waals surface area contributed by atoms with E-state index in [9.17, 15) is 8.42 Å². The van der Waals surface area contributed by atoms with Crippen molar-refractivity contribution in [3.63, 3.8) is 0 Å². The van der Waals surface area contributed by atoms with Gasteiger partial charge in [0.25, 0.3) is 0 Å². The zero-order valence-electron chi connectivity index (χ0n) is 9.15. The van der Waals surface area contributed by atoms with E-state index in [4.69, 9.17) is 5.73 Å². The first-order valence-corrected chi connectivity index (χ1v) is 6.79. The minimum absolute atomic E-state index is 0.0120. The van der Waals surface area contributed by atoms with Crippen LogP contribution >= 0.6 is 0 Å². The molecular weight excluding hydrogens is 238 g/mol. The highest BCUT2D eigenvalue weighted by Gasteiger charge is 2.14. The van der Waals surface area contributed by atoms with Gasteiger partial charge in [0, 0.05) is 18.1 Å². The maximum absolute atomic E-state index is 12.0. The Morgan fingerprint density at radius 3 is 2.76 bits per heavy atom. The van der Waals surface area contributed by atoms with Crippen LogP contribution in [0.25, 0.3) is 0 Å². The van der Waals surface area contributed by atoms with Gasteiger partial charge in [0.15, 0.2) is 9.84 Å². The summed E-state index contributed by atoms with van der Waals surface area (Å²) in [5, 5.41) is 3.96. The van der Waals surface area contributed by atoms with Crippen molar-refractivity contribution in [3.05, 3.63) is 42.7 Å². The topological polar surface area (TPSA) is 78.0 Å². The standard InChI is InChI=1S/C11H13N3O2S/c12-10-3-1-4-11(9-10)17(15,16)8-7-14-6-2-5-13-14/h1-6,9H,7-8,12H2. The zero-order chi connectivity index (χ0) is 12.3. The Labute approximate surface area is 99.8 Å². The average Bonchev–Trinajstić information content (AvgIpc) is 2.79. The Balaban J connectivity index is 2.14. The van der Waals surface area contributed by atoms with Crippen LogP contribution in [-0.4, -0.2) is 24.0 Å². The summed E-state index contributed by atoms with van der Waals surface area (Å²) in [6.07, 6.45) is 3.35. The first-order valence-electron chi connectivity index (χ1n) is 5.14. The lowest BCUT2D eigenvalue weighted by Gasteiger charge is -2.05. The monoisotopic (exact) mass is 251 g/mol. The number of sulfone groups is 1. The van der Waals surface area contributed by atoms with Crippen LogP contribution in [0.4, 0.5) is 5.69 Å². The largest absolute Gasteiger partial charge is 0.399 e. The fraction of sp³-hybridized carbons (Fsp3) is 0.182. The van der Waals surface area contributed by atoms with Gasteiger partial charge >= 0.3 is 0 Å². The van der Waals surface area contributed by atoms with E-state index >= 15 is 0 Å². The summed E-state index contributed by atoms with van der Waals surface area (Å²) < 4.78 is 25.6. The molecule has 90 valence electrons. The van der Waals surface area contributed by atoms with Gasteiger partial charge in [-0.05, 0) is 24.3 Å². The molecule has 0 aliphatic carbocycles. The molecule has 0 aliphatic rings. The highest BCUT2D eigenvalue weighted by atomic mass is 32.2. The quantitative estimate of drug-likeness (QED) is 0.820. The van der Waals surface area contributed by atoms with Crippen molar-refractivity contribution in [1.82, 2.24) is 9.78 Å². The lowest BCUT2D eigenvalue weighted by atomic mass is 10.3. The number of rotatable bonds is 4. The summed E-state index contributed by atoms with van der Waals surface area (Å²) in [6, 6.07) is 8.07. The third kappa shape index (κ3) is 2.85. The molecule has 2 N–H and O–H groups in total. The number of aromatic nitrogens is 2. The Bertz CT molecular complexity index is 591. The molecule has 0 spiro atoms. The molecule has 1 heterocycles. The van der Waals surface area contributed by atoms with E-state index in [1.54, 1.807) is 41.3 Å². The van der Waals surface area contributed by atoms with E-state index in [1.165, 1.54) is 6.07 Å². The molecule has 17 heavy (non-hydrogen) atoms. The molecule has 0 amide bonds. The molecule has 1 aromatic heterocycles. The zero-order valence-corrected chi connectivity index (χ0v) is 9.97. The second-order valence-electron chi connectivity index (χ2n) is 3.66. The summed E-state index contributed by atoms with van der Waals surface area (Å²) >= 11 is 0. The van der Waals surface area contributed by atoms with Gasteiger partial charge < -0.3 is 5.73 Å². The summed E-state index contributed by atoms with van der Waals surface area (Å²) in [7, 11) is -3.30. The van der Waals surface area contributed by atoms with E-state index in [-0.39, 0.29) is 10.6 Å². The summed E-state index contributed by atoms with van der Waals surface area (Å²) in [4.78, 5) is 0.254. The van der Waals surface area contributed by atoms with Crippen molar-refractivity contribution in [1.29, 1.82) is 0 Å². The fourth-order valence-corrected chi connectivity index (χ4v) is 2.74. The van der Waals surface area contributed by atoms with E-state index in [0.29, 0.717) is 12.2 Å². The van der Waals surface area contributed by atoms with Crippen LogP contribution in [0.3, 0.4) is 0 Å². The molecule has 0 aliphatic heterocycles. The number of aryl methyl sites for hydroxylation is 1. The minimum atomic E-state index is -3.30. The summed E-state index contributed by atoms with van der Waals surface area (Å²) in [5.74, 6) is 0.0120. The summed E-state index contributed by atoms with van der Waals surface area (Å²) in [6.45, 7) is 0.337. The van der Waals surface area contributed by atoms with Gasteiger partial charge in [0.05, 0.1) is 17.2 Å². The number of nitrogen functional groups attached to an aromatic ring is 1. The third-order valence-corrected chi connectivity index (χ3v) is 4.06. The van der Waals surface area contributed by atoms with Gasteiger partial charge in [0.2, 0.25) is 0 Å². The Morgan fingerprint density at radius 2 is 2.12 bits per heavy atom. The minimum Gasteiger partial charge on any atom is -0.399 e. The molecule has 0 saturated carbocycles. The number of nitrogens with zero attached hydrogens (tertiary/aromatic N) is 2. The van der Waals surface area contributed by atoms with Crippen LogP contribution in [0.5, 0.6) is 0 Å². The first-order chi connectivity index (χ1) is 8.08. The van der Waals surface area contributed by atoms with Gasteiger partial charge in [-0.3, -0.25) is 4.68 Å². The predicted molar refractivity (Wildman–Crippen MR) is 65.1 cm³/mol. The van der Waals surface area contributed by atoms with E-state index in [0.717, 1.165) is 0 Å². The van der Waals surface area contributed by atoms with Crippen molar-refractivity contribution in [3.8, 4) is 0 Å². The molecule has 5 nitrogen and oxygen atoms in total. The predicted octanol–water partition coefficient (Wildman–Crippen LogP) is 0.939. The van der Waals surface area contributed by atoms with Crippen LogP contribution in [-0.2, 0) is 16.4 Å². The molecule has 2 rings (SSSR count). The molecule has 0 bridgehead atoms. The van der Waals surface area contributed by atoms with Gasteiger partial charge in [-0.25, -0.2) is 8.42 Å². The van der Waals surface area contributed by atoms with E-state index in [2.05, 4.69) is 5.10 Å². The SMILES string of the molecule is Nc1cccc(S(=O)(=O)CCn2cccn2)c1. The molecule has 0 atom stereocenters. The van der Waals surface area contributed by atoms with Gasteiger partial charge in [-0.1, -0.05) is 6.07 Å². The van der Waals surface area contributed by atoms with Crippen LogP contribution < -0.4 is 5.73 Å². The number of hydrogen-bond acceptors (Lipinski definition) is 4. The highest BCUT2D eigenvalue weighted by molar-refractivity contribution is 7.91. The second-order valence-corrected chi connectivity index (χ2v) is 5.77.